The van der Waals surface area contributed by atoms with Crippen LogP contribution in [0.5, 0.6) is 0 Å². The molecule has 1 fully saturated rings. The third-order valence-corrected chi connectivity index (χ3v) is 7.24. The molecule has 36 heavy (non-hydrogen) atoms. The second kappa shape index (κ2) is 10.9. The lowest BCUT2D eigenvalue weighted by Crippen LogP contribution is -2.33. The zero-order chi connectivity index (χ0) is 25.1. The van der Waals surface area contributed by atoms with Crippen molar-refractivity contribution in [3.63, 3.8) is 0 Å². The maximum atomic E-state index is 13.1. The van der Waals surface area contributed by atoms with Gasteiger partial charge in [-0.3, -0.25) is 9.69 Å². The van der Waals surface area contributed by atoms with Crippen LogP contribution in [0.1, 0.15) is 54.7 Å². The molecule has 0 aliphatic carbocycles. The van der Waals surface area contributed by atoms with E-state index in [1.807, 2.05) is 47.1 Å². The van der Waals surface area contributed by atoms with Crippen LogP contribution in [0, 0.1) is 6.92 Å². The fourth-order valence-electron chi connectivity index (χ4n) is 4.99. The number of nitrogens with zero attached hydrogens (tertiary/aromatic N) is 5. The smallest absolute Gasteiger partial charge is 0.252 e. The summed E-state index contributed by atoms with van der Waals surface area (Å²) in [6, 6.07) is 15.7. The Hall–Kier alpha value is -3.07. The maximum absolute atomic E-state index is 13.1. The Morgan fingerprint density at radius 3 is 2.81 bits per heavy atom. The van der Waals surface area contributed by atoms with Gasteiger partial charge in [0, 0.05) is 35.8 Å². The van der Waals surface area contributed by atoms with Gasteiger partial charge in [0.1, 0.15) is 0 Å². The highest BCUT2D eigenvalue weighted by atomic mass is 35.5. The van der Waals surface area contributed by atoms with E-state index in [9.17, 15) is 4.79 Å². The molecule has 3 heterocycles. The van der Waals surface area contributed by atoms with Crippen molar-refractivity contribution in [3.8, 4) is 0 Å². The highest BCUT2D eigenvalue weighted by molar-refractivity contribution is 6.31. The summed E-state index contributed by atoms with van der Waals surface area (Å²) in [5.74, 6) is 0.771. The average molecular weight is 507 g/mol. The number of halogens is 1. The number of fused-ring (bicyclic) bond motifs is 1. The van der Waals surface area contributed by atoms with E-state index in [1.165, 1.54) is 0 Å². The van der Waals surface area contributed by atoms with Crippen LogP contribution in [0.3, 0.4) is 0 Å². The molecular weight excluding hydrogens is 476 g/mol. The van der Waals surface area contributed by atoms with Gasteiger partial charge in [-0.05, 0) is 71.8 Å². The lowest BCUT2D eigenvalue weighted by molar-refractivity contribution is 0.0888. The molecule has 1 aliphatic heterocycles. The van der Waals surface area contributed by atoms with Crippen molar-refractivity contribution < 1.29 is 4.74 Å². The predicted octanol–water partition coefficient (Wildman–Crippen LogP) is 4.81. The average Bonchev–Trinajstić information content (AvgIpc) is 3.55. The number of hydrogen-bond acceptors (Lipinski definition) is 6. The fraction of sp³-hybridized carbons (Fsp3) is 0.407. The number of pyridine rings is 1. The number of rotatable bonds is 9. The number of H-pyrrole nitrogens is 1. The van der Waals surface area contributed by atoms with E-state index in [0.29, 0.717) is 30.2 Å². The first-order chi connectivity index (χ1) is 17.5. The van der Waals surface area contributed by atoms with Crippen LogP contribution in [0.2, 0.25) is 5.02 Å². The summed E-state index contributed by atoms with van der Waals surface area (Å²) in [5, 5.41) is 14.4. The molecule has 5 rings (SSSR count). The Balaban J connectivity index is 1.52. The topological polar surface area (TPSA) is 88.9 Å². The van der Waals surface area contributed by atoms with E-state index in [-0.39, 0.29) is 17.7 Å². The molecule has 4 aromatic rings. The Morgan fingerprint density at radius 2 is 2.03 bits per heavy atom. The van der Waals surface area contributed by atoms with E-state index >= 15 is 0 Å². The van der Waals surface area contributed by atoms with Gasteiger partial charge in [0.2, 0.25) is 0 Å². The van der Waals surface area contributed by atoms with Crippen LogP contribution in [0.15, 0.2) is 53.3 Å². The fourth-order valence-corrected chi connectivity index (χ4v) is 5.19. The zero-order valence-electron chi connectivity index (χ0n) is 20.7. The number of tetrazole rings is 1. The summed E-state index contributed by atoms with van der Waals surface area (Å²) in [7, 11) is 0. The van der Waals surface area contributed by atoms with Gasteiger partial charge >= 0.3 is 0 Å². The second-order valence-electron chi connectivity index (χ2n) is 9.49. The van der Waals surface area contributed by atoms with Crippen molar-refractivity contribution in [2.24, 2.45) is 0 Å². The Labute approximate surface area is 215 Å². The first-order valence-electron chi connectivity index (χ1n) is 12.5. The molecule has 1 aliphatic rings. The van der Waals surface area contributed by atoms with Crippen LogP contribution in [0.25, 0.3) is 10.9 Å². The molecule has 2 aromatic heterocycles. The number of aromatic nitrogens is 5. The summed E-state index contributed by atoms with van der Waals surface area (Å²) in [4.78, 5) is 18.4. The van der Waals surface area contributed by atoms with Crippen LogP contribution in [-0.2, 0) is 24.4 Å². The normalized spacial score (nSPS) is 16.7. The largest absolute Gasteiger partial charge is 0.376 e. The summed E-state index contributed by atoms with van der Waals surface area (Å²) in [6.07, 6.45) is 2.95. The van der Waals surface area contributed by atoms with E-state index < -0.39 is 0 Å². The molecule has 0 spiro atoms. The monoisotopic (exact) mass is 506 g/mol. The van der Waals surface area contributed by atoms with Crippen molar-refractivity contribution >= 4 is 22.5 Å². The van der Waals surface area contributed by atoms with E-state index in [4.69, 9.17) is 16.3 Å². The minimum absolute atomic E-state index is 0.0932. The van der Waals surface area contributed by atoms with Gasteiger partial charge in [0.25, 0.3) is 5.56 Å². The van der Waals surface area contributed by atoms with E-state index in [2.05, 4.69) is 45.3 Å². The molecule has 8 nitrogen and oxygen atoms in total. The molecule has 2 atom stereocenters. The first-order valence-corrected chi connectivity index (χ1v) is 12.9. The number of ether oxygens (including phenoxy) is 1. The first kappa shape index (κ1) is 24.6. The molecule has 0 bridgehead atoms. The van der Waals surface area contributed by atoms with Crippen LogP contribution in [0.4, 0.5) is 0 Å². The van der Waals surface area contributed by atoms with Crippen molar-refractivity contribution in [3.05, 3.63) is 86.4 Å². The van der Waals surface area contributed by atoms with Crippen molar-refractivity contribution in [2.45, 2.75) is 64.9 Å². The number of benzene rings is 2. The molecule has 1 N–H and O–H groups in total. The summed E-state index contributed by atoms with van der Waals surface area (Å²) < 4.78 is 7.69. The minimum atomic E-state index is -0.120. The van der Waals surface area contributed by atoms with Gasteiger partial charge in [0.05, 0.1) is 18.7 Å². The number of nitrogens with one attached hydrogen (secondary N) is 1. The molecule has 2 aromatic carbocycles. The quantitative estimate of drug-likeness (QED) is 0.350. The van der Waals surface area contributed by atoms with Crippen molar-refractivity contribution in [1.29, 1.82) is 0 Å². The van der Waals surface area contributed by atoms with Crippen molar-refractivity contribution in [2.75, 3.05) is 6.61 Å². The predicted molar refractivity (Wildman–Crippen MR) is 140 cm³/mol. The highest BCUT2D eigenvalue weighted by Gasteiger charge is 2.28. The van der Waals surface area contributed by atoms with Crippen LogP contribution >= 0.6 is 11.6 Å². The van der Waals surface area contributed by atoms with Gasteiger partial charge in [-0.1, -0.05) is 48.4 Å². The summed E-state index contributed by atoms with van der Waals surface area (Å²) in [6.45, 7) is 6.54. The van der Waals surface area contributed by atoms with Crippen LogP contribution in [-0.4, -0.2) is 42.8 Å². The van der Waals surface area contributed by atoms with Gasteiger partial charge in [-0.15, -0.1) is 5.10 Å². The molecule has 0 amide bonds. The second-order valence-corrected chi connectivity index (χ2v) is 9.90. The molecule has 0 unspecified atom stereocenters. The Bertz CT molecular complexity index is 1390. The minimum Gasteiger partial charge on any atom is -0.376 e. The van der Waals surface area contributed by atoms with E-state index in [1.54, 1.807) is 0 Å². The van der Waals surface area contributed by atoms with Gasteiger partial charge < -0.3 is 9.72 Å². The molecular formula is C27H31ClN6O2. The standard InChI is InChI=1S/C27H31ClN6O2/c1-3-25(26-30-31-32-34(26)17-22-8-6-12-36-22)33(15-19-7-4-5-9-23(19)28)16-21-14-20-13-18(2)10-11-24(20)29-27(21)35/h4-5,7,9-11,13-14,22,25H,3,6,8,12,15-17H2,1-2H3,(H,29,35)/t22-,25-/m1/s1. The van der Waals surface area contributed by atoms with Gasteiger partial charge in [-0.25, -0.2) is 4.68 Å². The van der Waals surface area contributed by atoms with Gasteiger partial charge in [-0.2, -0.15) is 0 Å². The number of hydrogen-bond donors (Lipinski definition) is 1. The van der Waals surface area contributed by atoms with Crippen LogP contribution < -0.4 is 5.56 Å². The lowest BCUT2D eigenvalue weighted by atomic mass is 10.1. The maximum Gasteiger partial charge on any atom is 0.252 e. The summed E-state index contributed by atoms with van der Waals surface area (Å²) in [5.41, 5.74) is 3.57. The van der Waals surface area contributed by atoms with E-state index in [0.717, 1.165) is 53.7 Å². The summed E-state index contributed by atoms with van der Waals surface area (Å²) >= 11 is 6.56. The number of aromatic amines is 1. The molecule has 188 valence electrons. The lowest BCUT2D eigenvalue weighted by Gasteiger charge is -2.30. The number of aryl methyl sites for hydroxylation is 1. The molecule has 0 saturated carbocycles. The van der Waals surface area contributed by atoms with Gasteiger partial charge in [0.15, 0.2) is 5.82 Å². The third kappa shape index (κ3) is 5.36. The molecule has 9 heteroatoms. The Kier molecular flexibility index (Phi) is 7.46. The Morgan fingerprint density at radius 1 is 1.19 bits per heavy atom. The van der Waals surface area contributed by atoms with Crippen molar-refractivity contribution in [1.82, 2.24) is 30.1 Å². The molecule has 0 radical (unpaired) electrons. The third-order valence-electron chi connectivity index (χ3n) is 6.87. The molecule has 1 saturated heterocycles. The SMILES string of the molecule is CC[C@H](c1nnnn1C[C@H]1CCCO1)N(Cc1ccccc1Cl)Cc1cc2cc(C)ccc2[nH]c1=O. The highest BCUT2D eigenvalue weighted by Crippen LogP contribution is 2.29. The zero-order valence-corrected chi connectivity index (χ0v) is 21.4.